The average Bonchev–Trinajstić information content (AvgIpc) is 1.98. The summed E-state index contributed by atoms with van der Waals surface area (Å²) in [5, 5.41) is 1.31. The molecule has 0 N–H and O–H groups in total. The van der Waals surface area contributed by atoms with Crippen molar-refractivity contribution in [3.63, 3.8) is 0 Å². The van der Waals surface area contributed by atoms with E-state index in [1.807, 2.05) is 18.2 Å². The van der Waals surface area contributed by atoms with Crippen molar-refractivity contribution in [3.8, 4) is 0 Å². The molecule has 11 heavy (non-hydrogen) atoms. The molecule has 1 rings (SSSR count). The van der Waals surface area contributed by atoms with Crippen LogP contribution in [0.3, 0.4) is 0 Å². The Morgan fingerprint density at radius 3 is 2.45 bits per heavy atom. The number of hydrogen-bond acceptors (Lipinski definition) is 0. The molecule has 1 aromatic carbocycles. The van der Waals surface area contributed by atoms with Crippen LogP contribution in [0.5, 0.6) is 0 Å². The lowest BCUT2D eigenvalue weighted by Crippen LogP contribution is -1.83. The van der Waals surface area contributed by atoms with E-state index in [0.29, 0.717) is 10.0 Å². The molecule has 0 nitrogen and oxygen atoms in total. The summed E-state index contributed by atoms with van der Waals surface area (Å²) in [4.78, 5) is 0. The largest absolute Gasteiger partial charge is 0.0827 e. The summed E-state index contributed by atoms with van der Waals surface area (Å²) in [6.45, 7) is 0. The van der Waals surface area contributed by atoms with Crippen LogP contribution >= 0.6 is 23.2 Å². The third-order valence-corrected chi connectivity index (χ3v) is 2.76. The highest BCUT2D eigenvalue weighted by molar-refractivity contribution is 6.42. The van der Waals surface area contributed by atoms with E-state index < -0.39 is 0 Å². The van der Waals surface area contributed by atoms with Gasteiger partial charge >= 0.3 is 0 Å². The molecule has 0 fully saturated rings. The first-order chi connectivity index (χ1) is 5.24. The molecule has 3 heteroatoms. The highest BCUT2D eigenvalue weighted by atomic mass is 35.5. The first kappa shape index (κ1) is 9.11. The van der Waals surface area contributed by atoms with E-state index >= 15 is 0 Å². The minimum Gasteiger partial charge on any atom is -0.0827 e. The molecule has 0 atom stereocenters. The van der Waals surface area contributed by atoms with E-state index in [4.69, 9.17) is 23.2 Å². The van der Waals surface area contributed by atoms with Gasteiger partial charge in [-0.05, 0) is 24.1 Å². The number of aryl methyl sites for hydroxylation is 1. The number of hydrogen-bond donors (Lipinski definition) is 0. The predicted molar refractivity (Wildman–Crippen MR) is 54.9 cm³/mol. The summed E-state index contributed by atoms with van der Waals surface area (Å²) in [6.07, 6.45) is 1.13. The number of benzene rings is 1. The molecule has 0 bridgehead atoms. The van der Waals surface area contributed by atoms with Gasteiger partial charge in [0.25, 0.3) is 0 Å². The molecule has 0 saturated carbocycles. The predicted octanol–water partition coefficient (Wildman–Crippen LogP) is 2.32. The van der Waals surface area contributed by atoms with Crippen molar-refractivity contribution in [1.29, 1.82) is 0 Å². The van der Waals surface area contributed by atoms with Crippen LogP contribution in [-0.4, -0.2) is 10.2 Å². The fourth-order valence-electron chi connectivity index (χ4n) is 0.984. The second-order valence-corrected chi connectivity index (χ2v) is 4.31. The van der Waals surface area contributed by atoms with Crippen molar-refractivity contribution in [2.24, 2.45) is 0 Å². The molecule has 0 unspecified atom stereocenters. The Balaban J connectivity index is 2.86. The van der Waals surface area contributed by atoms with Gasteiger partial charge in [-0.15, -0.1) is 0 Å². The summed E-state index contributed by atoms with van der Waals surface area (Å²) in [6, 6.07) is 7.11. The minimum absolute atomic E-state index is 0.642. The maximum absolute atomic E-state index is 5.83. The number of halogens is 2. The summed E-state index contributed by atoms with van der Waals surface area (Å²) in [7, 11) is 1.24. The highest BCUT2D eigenvalue weighted by Crippen LogP contribution is 2.22. The van der Waals surface area contributed by atoms with Gasteiger partial charge in [0, 0.05) is 10.2 Å². The SMILES string of the molecule is [SiH3]CCc1ccc(Cl)c(Cl)c1. The number of rotatable bonds is 2. The van der Waals surface area contributed by atoms with Gasteiger partial charge in [-0.25, -0.2) is 0 Å². The molecule has 0 aliphatic heterocycles. The van der Waals surface area contributed by atoms with E-state index in [9.17, 15) is 0 Å². The van der Waals surface area contributed by atoms with Crippen LogP contribution in [0.2, 0.25) is 16.1 Å². The quantitative estimate of drug-likeness (QED) is 0.650. The Hall–Kier alpha value is 0.0169. The molecule has 0 spiro atoms. The first-order valence-corrected chi connectivity index (χ1v) is 5.85. The Bertz CT molecular complexity index is 248. The van der Waals surface area contributed by atoms with Crippen molar-refractivity contribution in [1.82, 2.24) is 0 Å². The van der Waals surface area contributed by atoms with Crippen LogP contribution in [0.15, 0.2) is 18.2 Å². The molecule has 0 radical (unpaired) electrons. The van der Waals surface area contributed by atoms with Crippen LogP contribution in [0, 0.1) is 0 Å². The van der Waals surface area contributed by atoms with Crippen molar-refractivity contribution in [2.75, 3.05) is 0 Å². The van der Waals surface area contributed by atoms with Gasteiger partial charge in [0.2, 0.25) is 0 Å². The molecular weight excluding hydrogens is 195 g/mol. The second kappa shape index (κ2) is 4.15. The molecule has 0 heterocycles. The lowest BCUT2D eigenvalue weighted by atomic mass is 10.2. The van der Waals surface area contributed by atoms with Gasteiger partial charge in [0.1, 0.15) is 0 Å². The van der Waals surface area contributed by atoms with Gasteiger partial charge in [-0.3, -0.25) is 0 Å². The minimum atomic E-state index is 0.642. The molecule has 1 aromatic rings. The van der Waals surface area contributed by atoms with Crippen LogP contribution in [-0.2, 0) is 6.42 Å². The topological polar surface area (TPSA) is 0 Å². The summed E-state index contributed by atoms with van der Waals surface area (Å²) >= 11 is 11.6. The fourth-order valence-corrected chi connectivity index (χ4v) is 1.88. The monoisotopic (exact) mass is 204 g/mol. The molecule has 0 aliphatic carbocycles. The van der Waals surface area contributed by atoms with Crippen LogP contribution in [0.1, 0.15) is 5.56 Å². The zero-order chi connectivity index (χ0) is 8.27. The van der Waals surface area contributed by atoms with Gasteiger partial charge in [-0.1, -0.05) is 35.3 Å². The highest BCUT2D eigenvalue weighted by Gasteiger charge is 1.97. The summed E-state index contributed by atoms with van der Waals surface area (Å²) in [5.41, 5.74) is 1.29. The second-order valence-electron chi connectivity index (χ2n) is 2.50. The maximum atomic E-state index is 5.83. The Kier molecular flexibility index (Phi) is 3.43. The van der Waals surface area contributed by atoms with E-state index in [1.54, 1.807) is 0 Å². The first-order valence-electron chi connectivity index (χ1n) is 3.68. The maximum Gasteiger partial charge on any atom is 0.0595 e. The van der Waals surface area contributed by atoms with E-state index in [-0.39, 0.29) is 0 Å². The molecule has 60 valence electrons. The Labute approximate surface area is 79.9 Å². The Morgan fingerprint density at radius 2 is 1.91 bits per heavy atom. The van der Waals surface area contributed by atoms with Crippen molar-refractivity contribution >= 4 is 33.4 Å². The third kappa shape index (κ3) is 2.51. The van der Waals surface area contributed by atoms with Crippen LogP contribution < -0.4 is 0 Å². The summed E-state index contributed by atoms with van der Waals surface area (Å²) < 4.78 is 0. The van der Waals surface area contributed by atoms with Gasteiger partial charge in [0.15, 0.2) is 0 Å². The lowest BCUT2D eigenvalue weighted by molar-refractivity contribution is 1.13. The average molecular weight is 205 g/mol. The lowest BCUT2D eigenvalue weighted by Gasteiger charge is -1.99. The molecule has 0 aliphatic rings. The van der Waals surface area contributed by atoms with E-state index in [1.165, 1.54) is 21.9 Å². The van der Waals surface area contributed by atoms with Crippen molar-refractivity contribution < 1.29 is 0 Å². The Morgan fingerprint density at radius 1 is 1.18 bits per heavy atom. The standard InChI is InChI=1S/C8H10Cl2Si/c9-7-2-1-6(3-4-11)5-8(7)10/h1-2,5H,3-4H2,11H3. The molecular formula is C8H10Cl2Si. The van der Waals surface area contributed by atoms with E-state index in [0.717, 1.165) is 6.42 Å². The van der Waals surface area contributed by atoms with E-state index in [2.05, 4.69) is 0 Å². The summed E-state index contributed by atoms with van der Waals surface area (Å²) in [5.74, 6) is 0. The zero-order valence-electron chi connectivity index (χ0n) is 6.40. The zero-order valence-corrected chi connectivity index (χ0v) is 9.91. The smallest absolute Gasteiger partial charge is 0.0595 e. The van der Waals surface area contributed by atoms with Crippen LogP contribution in [0.25, 0.3) is 0 Å². The molecule has 0 amide bonds. The molecule has 0 saturated heterocycles. The molecule has 0 aromatic heterocycles. The van der Waals surface area contributed by atoms with Gasteiger partial charge in [0.05, 0.1) is 10.0 Å². The van der Waals surface area contributed by atoms with Gasteiger partial charge < -0.3 is 0 Å². The van der Waals surface area contributed by atoms with Crippen LogP contribution in [0.4, 0.5) is 0 Å². The normalized spacial score (nSPS) is 10.4. The van der Waals surface area contributed by atoms with Gasteiger partial charge in [-0.2, -0.15) is 0 Å². The van der Waals surface area contributed by atoms with Crippen molar-refractivity contribution in [2.45, 2.75) is 12.5 Å². The van der Waals surface area contributed by atoms with Crippen molar-refractivity contribution in [3.05, 3.63) is 33.8 Å². The third-order valence-electron chi connectivity index (χ3n) is 1.52. The fraction of sp³-hybridized carbons (Fsp3) is 0.250.